The predicted octanol–water partition coefficient (Wildman–Crippen LogP) is 3.58. The summed E-state index contributed by atoms with van der Waals surface area (Å²) in [4.78, 5) is 38.6. The zero-order chi connectivity index (χ0) is 21.0. The van der Waals surface area contributed by atoms with Gasteiger partial charge in [0.1, 0.15) is 0 Å². The van der Waals surface area contributed by atoms with Gasteiger partial charge in [-0.25, -0.2) is 4.79 Å². The van der Waals surface area contributed by atoms with Gasteiger partial charge in [0.25, 0.3) is 5.91 Å². The molecule has 2 amide bonds. The molecule has 1 heterocycles. The fourth-order valence-electron chi connectivity index (χ4n) is 3.45. The number of nitrogens with zero attached hydrogens (tertiary/aromatic N) is 1. The maximum absolute atomic E-state index is 12.7. The van der Waals surface area contributed by atoms with Gasteiger partial charge in [0.15, 0.2) is 0 Å². The number of aryl methyl sites for hydroxylation is 2. The zero-order valence-corrected chi connectivity index (χ0v) is 17.0. The van der Waals surface area contributed by atoms with Crippen molar-refractivity contribution in [3.8, 4) is 0 Å². The molecule has 0 bridgehead atoms. The van der Waals surface area contributed by atoms with E-state index in [-0.39, 0.29) is 17.7 Å². The largest absolute Gasteiger partial charge is 0.465 e. The smallest absolute Gasteiger partial charge is 0.337 e. The summed E-state index contributed by atoms with van der Waals surface area (Å²) >= 11 is 0. The first-order valence-electron chi connectivity index (χ1n) is 9.75. The highest BCUT2D eigenvalue weighted by molar-refractivity contribution is 5.96. The lowest BCUT2D eigenvalue weighted by Crippen LogP contribution is -2.41. The molecule has 2 aromatic rings. The quantitative estimate of drug-likeness (QED) is 0.805. The Morgan fingerprint density at radius 3 is 2.14 bits per heavy atom. The van der Waals surface area contributed by atoms with E-state index in [1.54, 1.807) is 24.3 Å². The van der Waals surface area contributed by atoms with Gasteiger partial charge in [0.05, 0.1) is 12.7 Å². The molecule has 2 aromatic carbocycles. The number of esters is 1. The SMILES string of the molecule is COC(=O)c1ccc(NC(=O)C2CCN(C(=O)c3ccc(C)c(C)c3)CC2)cc1. The fourth-order valence-corrected chi connectivity index (χ4v) is 3.45. The molecule has 0 aliphatic carbocycles. The van der Waals surface area contributed by atoms with Crippen LogP contribution in [0, 0.1) is 19.8 Å². The molecule has 0 radical (unpaired) electrons. The van der Waals surface area contributed by atoms with Crippen LogP contribution in [-0.2, 0) is 9.53 Å². The Hall–Kier alpha value is -3.15. The second-order valence-electron chi connectivity index (χ2n) is 7.42. The van der Waals surface area contributed by atoms with E-state index in [1.807, 2.05) is 36.9 Å². The van der Waals surface area contributed by atoms with Gasteiger partial charge in [-0.3, -0.25) is 9.59 Å². The number of carbonyl (C=O) groups excluding carboxylic acids is 3. The molecule has 0 spiro atoms. The molecule has 6 heteroatoms. The van der Waals surface area contributed by atoms with E-state index in [2.05, 4.69) is 10.1 Å². The number of anilines is 1. The van der Waals surface area contributed by atoms with Gasteiger partial charge in [0.2, 0.25) is 5.91 Å². The maximum Gasteiger partial charge on any atom is 0.337 e. The number of methoxy groups -OCH3 is 1. The van der Waals surface area contributed by atoms with Crippen molar-refractivity contribution in [1.82, 2.24) is 4.90 Å². The lowest BCUT2D eigenvalue weighted by atomic mass is 9.95. The molecular weight excluding hydrogens is 368 g/mol. The number of rotatable bonds is 4. The van der Waals surface area contributed by atoms with Crippen LogP contribution in [-0.4, -0.2) is 42.9 Å². The van der Waals surface area contributed by atoms with E-state index in [1.165, 1.54) is 7.11 Å². The Morgan fingerprint density at radius 2 is 1.55 bits per heavy atom. The molecule has 29 heavy (non-hydrogen) atoms. The third-order valence-electron chi connectivity index (χ3n) is 5.48. The zero-order valence-electron chi connectivity index (χ0n) is 17.0. The Morgan fingerprint density at radius 1 is 0.931 bits per heavy atom. The summed E-state index contributed by atoms with van der Waals surface area (Å²) in [6.07, 6.45) is 1.26. The summed E-state index contributed by atoms with van der Waals surface area (Å²) in [7, 11) is 1.33. The number of likely N-dealkylation sites (tertiary alicyclic amines) is 1. The Kier molecular flexibility index (Phi) is 6.32. The molecule has 0 saturated carbocycles. The highest BCUT2D eigenvalue weighted by Crippen LogP contribution is 2.22. The summed E-state index contributed by atoms with van der Waals surface area (Å²) in [5.41, 5.74) is 4.03. The number of benzene rings is 2. The van der Waals surface area contributed by atoms with E-state index in [9.17, 15) is 14.4 Å². The monoisotopic (exact) mass is 394 g/mol. The summed E-state index contributed by atoms with van der Waals surface area (Å²) in [6.45, 7) is 5.15. The lowest BCUT2D eigenvalue weighted by molar-refractivity contribution is -0.121. The molecule has 1 saturated heterocycles. The predicted molar refractivity (Wildman–Crippen MR) is 111 cm³/mol. The van der Waals surface area contributed by atoms with Crippen molar-refractivity contribution in [2.24, 2.45) is 5.92 Å². The highest BCUT2D eigenvalue weighted by atomic mass is 16.5. The van der Waals surface area contributed by atoms with Crippen LogP contribution in [0.2, 0.25) is 0 Å². The Bertz CT molecular complexity index is 913. The average Bonchev–Trinajstić information content (AvgIpc) is 2.75. The van der Waals surface area contributed by atoms with Gasteiger partial charge in [-0.15, -0.1) is 0 Å². The third-order valence-corrected chi connectivity index (χ3v) is 5.48. The first kappa shape index (κ1) is 20.6. The van der Waals surface area contributed by atoms with Gasteiger partial charge in [-0.05, 0) is 74.2 Å². The van der Waals surface area contributed by atoms with Crippen LogP contribution >= 0.6 is 0 Å². The summed E-state index contributed by atoms with van der Waals surface area (Å²) in [6, 6.07) is 12.4. The number of ether oxygens (including phenoxy) is 1. The number of hydrogen-bond donors (Lipinski definition) is 1. The molecule has 6 nitrogen and oxygen atoms in total. The van der Waals surface area contributed by atoms with Gasteiger partial charge in [-0.2, -0.15) is 0 Å². The van der Waals surface area contributed by atoms with Gasteiger partial charge in [-0.1, -0.05) is 6.07 Å². The number of amides is 2. The first-order valence-corrected chi connectivity index (χ1v) is 9.75. The highest BCUT2D eigenvalue weighted by Gasteiger charge is 2.28. The molecular formula is C23H26N2O4. The minimum Gasteiger partial charge on any atom is -0.465 e. The van der Waals surface area contributed by atoms with Crippen molar-refractivity contribution in [3.63, 3.8) is 0 Å². The molecule has 152 valence electrons. The standard InChI is InChI=1S/C23H26N2O4/c1-15-4-5-19(14-16(15)2)22(27)25-12-10-17(11-13-25)21(26)24-20-8-6-18(7-9-20)23(28)29-3/h4-9,14,17H,10-13H2,1-3H3,(H,24,26). The summed E-state index contributed by atoms with van der Waals surface area (Å²) in [5.74, 6) is -0.595. The number of carbonyl (C=O) groups is 3. The van der Waals surface area contributed by atoms with E-state index >= 15 is 0 Å². The normalized spacial score (nSPS) is 14.4. The molecule has 1 aliphatic heterocycles. The molecule has 3 rings (SSSR count). The van der Waals surface area contributed by atoms with Gasteiger partial charge in [0, 0.05) is 30.3 Å². The molecule has 0 unspecified atom stereocenters. The van der Waals surface area contributed by atoms with Crippen molar-refractivity contribution >= 4 is 23.5 Å². The first-order chi connectivity index (χ1) is 13.9. The third kappa shape index (κ3) is 4.83. The molecule has 0 atom stereocenters. The average molecular weight is 394 g/mol. The van der Waals surface area contributed by atoms with E-state index in [4.69, 9.17) is 0 Å². The minimum absolute atomic E-state index is 0.0188. The van der Waals surface area contributed by atoms with Crippen molar-refractivity contribution in [2.75, 3.05) is 25.5 Å². The number of piperidine rings is 1. The van der Waals surface area contributed by atoms with Crippen molar-refractivity contribution in [2.45, 2.75) is 26.7 Å². The van der Waals surface area contributed by atoms with Crippen LogP contribution in [0.4, 0.5) is 5.69 Å². The lowest BCUT2D eigenvalue weighted by Gasteiger charge is -2.31. The summed E-state index contributed by atoms with van der Waals surface area (Å²) in [5, 5.41) is 2.89. The second-order valence-corrected chi connectivity index (χ2v) is 7.42. The van der Waals surface area contributed by atoms with Crippen molar-refractivity contribution < 1.29 is 19.1 Å². The van der Waals surface area contributed by atoms with Crippen LogP contribution in [0.25, 0.3) is 0 Å². The number of hydrogen-bond acceptors (Lipinski definition) is 4. The second kappa shape index (κ2) is 8.90. The van der Waals surface area contributed by atoms with Gasteiger partial charge >= 0.3 is 5.97 Å². The van der Waals surface area contributed by atoms with E-state index in [0.717, 1.165) is 11.1 Å². The van der Waals surface area contributed by atoms with Crippen LogP contribution in [0.3, 0.4) is 0 Å². The fraction of sp³-hybridized carbons (Fsp3) is 0.348. The van der Waals surface area contributed by atoms with E-state index < -0.39 is 5.97 Å². The number of nitrogens with one attached hydrogen (secondary N) is 1. The Labute approximate surface area is 170 Å². The van der Waals surface area contributed by atoms with Gasteiger partial charge < -0.3 is 15.0 Å². The molecule has 1 N–H and O–H groups in total. The molecule has 1 aliphatic rings. The van der Waals surface area contributed by atoms with Crippen molar-refractivity contribution in [1.29, 1.82) is 0 Å². The summed E-state index contributed by atoms with van der Waals surface area (Å²) < 4.78 is 4.67. The van der Waals surface area contributed by atoms with Crippen LogP contribution in [0.5, 0.6) is 0 Å². The Balaban J connectivity index is 1.54. The molecule has 0 aromatic heterocycles. The van der Waals surface area contributed by atoms with Crippen LogP contribution < -0.4 is 5.32 Å². The maximum atomic E-state index is 12.7. The van der Waals surface area contributed by atoms with Crippen molar-refractivity contribution in [3.05, 3.63) is 64.7 Å². The van der Waals surface area contributed by atoms with Crippen LogP contribution in [0.15, 0.2) is 42.5 Å². The molecule has 1 fully saturated rings. The minimum atomic E-state index is -0.413. The topological polar surface area (TPSA) is 75.7 Å². The van der Waals surface area contributed by atoms with Crippen LogP contribution in [0.1, 0.15) is 44.7 Å². The van der Waals surface area contributed by atoms with E-state index in [0.29, 0.717) is 42.7 Å².